The fourth-order valence-electron chi connectivity index (χ4n) is 3.37. The van der Waals surface area contributed by atoms with Gasteiger partial charge in [0.05, 0.1) is 5.56 Å². The third-order valence-electron chi connectivity index (χ3n) is 4.88. The number of imidazole rings is 1. The Morgan fingerprint density at radius 2 is 2.07 bits per heavy atom. The number of aryl methyl sites for hydroxylation is 1. The Balaban J connectivity index is 1.51. The third-order valence-corrected chi connectivity index (χ3v) is 4.88. The molecule has 0 fully saturated rings. The van der Waals surface area contributed by atoms with Gasteiger partial charge in [-0.1, -0.05) is 18.2 Å². The highest BCUT2D eigenvalue weighted by atomic mass is 16.2. The number of benzene rings is 1. The number of likely N-dealkylation sites (N-methyl/N-ethyl adjacent to an activating group) is 1. The van der Waals surface area contributed by atoms with E-state index in [-0.39, 0.29) is 5.91 Å². The van der Waals surface area contributed by atoms with E-state index in [1.54, 1.807) is 24.2 Å². The fourth-order valence-corrected chi connectivity index (χ4v) is 3.37. The van der Waals surface area contributed by atoms with Crippen molar-refractivity contribution >= 4 is 33.9 Å². The summed E-state index contributed by atoms with van der Waals surface area (Å²) < 4.78 is 3.98. The van der Waals surface area contributed by atoms with Gasteiger partial charge in [0.1, 0.15) is 5.52 Å². The van der Waals surface area contributed by atoms with E-state index < -0.39 is 0 Å². The highest BCUT2D eigenvalue weighted by molar-refractivity contribution is 5.96. The van der Waals surface area contributed by atoms with Crippen LogP contribution < -0.4 is 5.73 Å². The number of fused-ring (bicyclic) bond motifs is 2. The topological polar surface area (TPSA) is 82.0 Å². The number of carbonyl (C=O) groups excluding carboxylic acids is 1. The average Bonchev–Trinajstić information content (AvgIpc) is 3.24. The van der Waals surface area contributed by atoms with Gasteiger partial charge in [-0.3, -0.25) is 9.36 Å². The molecule has 0 radical (unpaired) electrons. The van der Waals surface area contributed by atoms with Crippen LogP contribution in [0.5, 0.6) is 0 Å². The smallest absolute Gasteiger partial charge is 0.255 e. The molecule has 7 heteroatoms. The number of pyridine rings is 1. The average molecular weight is 362 g/mol. The van der Waals surface area contributed by atoms with Crippen LogP contribution in [0.4, 0.5) is 5.95 Å². The van der Waals surface area contributed by atoms with Crippen molar-refractivity contribution in [1.82, 2.24) is 24.0 Å². The van der Waals surface area contributed by atoms with Gasteiger partial charge in [-0.25, -0.2) is 9.97 Å². The predicted octanol–water partition coefficient (Wildman–Crippen LogP) is 2.76. The minimum absolute atomic E-state index is 0.0783. The van der Waals surface area contributed by atoms with E-state index >= 15 is 0 Å². The van der Waals surface area contributed by atoms with E-state index in [4.69, 9.17) is 5.73 Å². The zero-order valence-corrected chi connectivity index (χ0v) is 15.5. The Hall–Kier alpha value is -3.35. The molecule has 2 N–H and O–H groups in total. The van der Waals surface area contributed by atoms with E-state index in [0.29, 0.717) is 35.8 Å². The molecule has 1 aromatic carbocycles. The molecule has 0 aliphatic carbocycles. The molecule has 138 valence electrons. The molecule has 0 spiro atoms. The third kappa shape index (κ3) is 3.01. The van der Waals surface area contributed by atoms with Gasteiger partial charge >= 0.3 is 0 Å². The quantitative estimate of drug-likeness (QED) is 0.592. The van der Waals surface area contributed by atoms with E-state index in [9.17, 15) is 4.79 Å². The first kappa shape index (κ1) is 17.1. The van der Waals surface area contributed by atoms with Crippen LogP contribution in [0.15, 0.2) is 48.8 Å². The lowest BCUT2D eigenvalue weighted by Gasteiger charge is -2.18. The second-order valence-corrected chi connectivity index (χ2v) is 6.58. The second-order valence-electron chi connectivity index (χ2n) is 6.58. The van der Waals surface area contributed by atoms with Crippen molar-refractivity contribution in [3.63, 3.8) is 0 Å². The molecule has 0 bridgehead atoms. The van der Waals surface area contributed by atoms with Crippen LogP contribution in [0.25, 0.3) is 22.1 Å². The normalized spacial score (nSPS) is 11.3. The summed E-state index contributed by atoms with van der Waals surface area (Å²) in [4.78, 5) is 23.2. The summed E-state index contributed by atoms with van der Waals surface area (Å²) in [7, 11) is 1.80. The SMILES string of the molecule is CCn1c(N)nc2cc(C(=O)N(C)CCn3ccc4ccccc43)cnc21. The maximum absolute atomic E-state index is 12.8. The molecule has 4 rings (SSSR count). The molecular formula is C20H22N6O. The lowest BCUT2D eigenvalue weighted by atomic mass is 10.2. The molecular weight excluding hydrogens is 340 g/mol. The number of nitrogen functional groups attached to an aromatic ring is 1. The van der Waals surface area contributed by atoms with Crippen LogP contribution in [-0.2, 0) is 13.1 Å². The highest BCUT2D eigenvalue weighted by Crippen LogP contribution is 2.18. The Morgan fingerprint density at radius 1 is 1.26 bits per heavy atom. The van der Waals surface area contributed by atoms with Crippen LogP contribution in [0.2, 0.25) is 0 Å². The van der Waals surface area contributed by atoms with E-state index in [1.165, 1.54) is 10.9 Å². The van der Waals surface area contributed by atoms with Crippen molar-refractivity contribution in [1.29, 1.82) is 0 Å². The molecule has 27 heavy (non-hydrogen) atoms. The van der Waals surface area contributed by atoms with Crippen molar-refractivity contribution in [2.45, 2.75) is 20.0 Å². The molecule has 0 aliphatic heterocycles. The number of aromatic nitrogens is 4. The first-order valence-corrected chi connectivity index (χ1v) is 8.99. The number of rotatable bonds is 5. The summed E-state index contributed by atoms with van der Waals surface area (Å²) in [6, 6.07) is 12.1. The molecule has 3 heterocycles. The van der Waals surface area contributed by atoms with Gasteiger partial charge < -0.3 is 15.2 Å². The number of para-hydroxylation sites is 1. The maximum Gasteiger partial charge on any atom is 0.255 e. The summed E-state index contributed by atoms with van der Waals surface area (Å²) in [5.74, 6) is 0.336. The van der Waals surface area contributed by atoms with Gasteiger partial charge in [-0.15, -0.1) is 0 Å². The standard InChI is InChI=1S/C20H22N6O/c1-3-26-18-16(23-20(26)21)12-15(13-22-18)19(27)24(2)10-11-25-9-8-14-6-4-5-7-17(14)25/h4-9,12-13H,3,10-11H2,1-2H3,(H2,21,23). The van der Waals surface area contributed by atoms with Crippen LogP contribution in [-0.4, -0.2) is 43.5 Å². The van der Waals surface area contributed by atoms with Crippen LogP contribution >= 0.6 is 0 Å². The monoisotopic (exact) mass is 362 g/mol. The number of amides is 1. The molecule has 7 nitrogen and oxygen atoms in total. The summed E-state index contributed by atoms with van der Waals surface area (Å²) >= 11 is 0. The molecule has 0 unspecified atom stereocenters. The summed E-state index contributed by atoms with van der Waals surface area (Å²) in [6.45, 7) is 3.99. The van der Waals surface area contributed by atoms with Crippen molar-refractivity contribution in [3.05, 3.63) is 54.4 Å². The second kappa shape index (κ2) is 6.75. The van der Waals surface area contributed by atoms with Crippen LogP contribution in [0.3, 0.4) is 0 Å². The Labute approximate surface area is 157 Å². The predicted molar refractivity (Wildman–Crippen MR) is 107 cm³/mol. The Morgan fingerprint density at radius 3 is 2.89 bits per heavy atom. The lowest BCUT2D eigenvalue weighted by molar-refractivity contribution is 0.0790. The van der Waals surface area contributed by atoms with E-state index in [0.717, 1.165) is 6.54 Å². The van der Waals surface area contributed by atoms with Gasteiger partial charge in [0, 0.05) is 44.6 Å². The lowest BCUT2D eigenvalue weighted by Crippen LogP contribution is -2.30. The first-order chi connectivity index (χ1) is 13.1. The zero-order chi connectivity index (χ0) is 19.0. The van der Waals surface area contributed by atoms with Crippen molar-refractivity contribution in [2.75, 3.05) is 19.3 Å². The molecule has 0 saturated carbocycles. The van der Waals surface area contributed by atoms with Crippen LogP contribution in [0, 0.1) is 0 Å². The molecule has 0 saturated heterocycles. The van der Waals surface area contributed by atoms with Crippen LogP contribution in [0.1, 0.15) is 17.3 Å². The fraction of sp³-hybridized carbons (Fsp3) is 0.250. The maximum atomic E-state index is 12.8. The van der Waals surface area contributed by atoms with Gasteiger partial charge in [-0.2, -0.15) is 0 Å². The van der Waals surface area contributed by atoms with Gasteiger partial charge in [0.2, 0.25) is 5.95 Å². The van der Waals surface area contributed by atoms with Crippen molar-refractivity contribution in [3.8, 4) is 0 Å². The van der Waals surface area contributed by atoms with E-state index in [1.807, 2.05) is 23.6 Å². The summed E-state index contributed by atoms with van der Waals surface area (Å²) in [5, 5.41) is 1.20. The molecule has 4 aromatic rings. The van der Waals surface area contributed by atoms with E-state index in [2.05, 4.69) is 38.9 Å². The summed E-state index contributed by atoms with van der Waals surface area (Å²) in [6.07, 6.45) is 3.65. The van der Waals surface area contributed by atoms with Crippen molar-refractivity contribution in [2.24, 2.45) is 0 Å². The largest absolute Gasteiger partial charge is 0.369 e. The highest BCUT2D eigenvalue weighted by Gasteiger charge is 2.16. The minimum Gasteiger partial charge on any atom is -0.369 e. The number of anilines is 1. The minimum atomic E-state index is -0.0783. The van der Waals surface area contributed by atoms with Crippen molar-refractivity contribution < 1.29 is 4.79 Å². The zero-order valence-electron chi connectivity index (χ0n) is 15.5. The number of nitrogens with zero attached hydrogens (tertiary/aromatic N) is 5. The number of carbonyl (C=O) groups is 1. The Bertz CT molecular complexity index is 1130. The number of hydrogen-bond donors (Lipinski definition) is 1. The molecule has 1 amide bonds. The molecule has 0 aliphatic rings. The summed E-state index contributed by atoms with van der Waals surface area (Å²) in [5.41, 5.74) is 8.94. The number of nitrogens with two attached hydrogens (primary N) is 1. The molecule has 0 atom stereocenters. The number of hydrogen-bond acceptors (Lipinski definition) is 4. The first-order valence-electron chi connectivity index (χ1n) is 8.99. The molecule has 3 aromatic heterocycles. The van der Waals surface area contributed by atoms with Gasteiger partial charge in [0.15, 0.2) is 5.65 Å². The Kier molecular flexibility index (Phi) is 4.27. The van der Waals surface area contributed by atoms with Gasteiger partial charge in [-0.05, 0) is 30.5 Å². The van der Waals surface area contributed by atoms with Gasteiger partial charge in [0.25, 0.3) is 5.91 Å².